The van der Waals surface area contributed by atoms with E-state index >= 15 is 0 Å². The van der Waals surface area contributed by atoms with Gasteiger partial charge in [-0.3, -0.25) is 0 Å². The summed E-state index contributed by atoms with van der Waals surface area (Å²) in [5.41, 5.74) is 10.1. The van der Waals surface area contributed by atoms with Gasteiger partial charge in [0.25, 0.3) is 0 Å². The van der Waals surface area contributed by atoms with E-state index in [0.29, 0.717) is 0 Å². The monoisotopic (exact) mass is 303 g/mol. The molecule has 2 heteroatoms. The van der Waals surface area contributed by atoms with Crippen molar-refractivity contribution in [3.63, 3.8) is 0 Å². The molecule has 0 radical (unpaired) electrons. The fraction of sp³-hybridized carbons (Fsp3) is 0.250. The highest BCUT2D eigenvalue weighted by Crippen LogP contribution is 2.24. The lowest BCUT2D eigenvalue weighted by Gasteiger charge is -2.15. The van der Waals surface area contributed by atoms with Crippen molar-refractivity contribution in [2.45, 2.75) is 25.8 Å². The van der Waals surface area contributed by atoms with Gasteiger partial charge in [0.1, 0.15) is 0 Å². The van der Waals surface area contributed by atoms with E-state index in [9.17, 15) is 0 Å². The summed E-state index contributed by atoms with van der Waals surface area (Å²) in [5, 5.41) is 0. The normalized spacial score (nSPS) is 12.4. The van der Waals surface area contributed by atoms with E-state index in [1.54, 1.807) is 0 Å². The van der Waals surface area contributed by atoms with Gasteiger partial charge < -0.3 is 5.73 Å². The van der Waals surface area contributed by atoms with Crippen LogP contribution in [0.2, 0.25) is 0 Å². The number of nitrogens with two attached hydrogens (primary N) is 1. The van der Waals surface area contributed by atoms with E-state index in [0.717, 1.165) is 17.3 Å². The molecular formula is C16H18BrN. The molecule has 1 atom stereocenters. The number of halogens is 1. The summed E-state index contributed by atoms with van der Waals surface area (Å²) >= 11 is 3.51. The smallest absolute Gasteiger partial charge is 0.0301 e. The van der Waals surface area contributed by atoms with Crippen LogP contribution in [-0.4, -0.2) is 0 Å². The van der Waals surface area contributed by atoms with Gasteiger partial charge in [-0.05, 0) is 48.6 Å². The maximum atomic E-state index is 6.29. The molecule has 0 aliphatic carbocycles. The molecule has 1 nitrogen and oxygen atoms in total. The highest BCUT2D eigenvalue weighted by atomic mass is 79.9. The third kappa shape index (κ3) is 3.44. The minimum atomic E-state index is 0.0997. The van der Waals surface area contributed by atoms with Crippen LogP contribution in [0.3, 0.4) is 0 Å². The summed E-state index contributed by atoms with van der Waals surface area (Å²) in [6.07, 6.45) is 2.00. The first-order valence-corrected chi connectivity index (χ1v) is 7.01. The molecular weight excluding hydrogens is 286 g/mol. The first-order chi connectivity index (χ1) is 8.66. The van der Waals surface area contributed by atoms with Crippen molar-refractivity contribution in [3.05, 3.63) is 69.7 Å². The highest BCUT2D eigenvalue weighted by molar-refractivity contribution is 9.10. The summed E-state index contributed by atoms with van der Waals surface area (Å²) in [6.45, 7) is 2.12. The Morgan fingerprint density at radius 3 is 2.56 bits per heavy atom. The van der Waals surface area contributed by atoms with Crippen LogP contribution in [0.5, 0.6) is 0 Å². The molecule has 0 bridgehead atoms. The van der Waals surface area contributed by atoms with Gasteiger partial charge in [-0.1, -0.05) is 52.3 Å². The molecule has 2 rings (SSSR count). The molecule has 2 aromatic rings. The Hall–Kier alpha value is -1.12. The van der Waals surface area contributed by atoms with Crippen LogP contribution in [0.1, 0.15) is 29.2 Å². The largest absolute Gasteiger partial charge is 0.324 e. The standard InChI is InChI=1S/C16H18BrN/c1-12-7-9-14(17)11-15(12)16(18)10-8-13-5-3-2-4-6-13/h2-7,9,11,16H,8,10,18H2,1H3. The van der Waals surface area contributed by atoms with E-state index in [1.807, 2.05) is 6.07 Å². The first-order valence-electron chi connectivity index (χ1n) is 6.22. The summed E-state index contributed by atoms with van der Waals surface area (Å²) in [7, 11) is 0. The molecule has 2 N–H and O–H groups in total. The molecule has 0 saturated carbocycles. The van der Waals surface area contributed by atoms with Gasteiger partial charge in [0.2, 0.25) is 0 Å². The third-order valence-electron chi connectivity index (χ3n) is 3.23. The highest BCUT2D eigenvalue weighted by Gasteiger charge is 2.09. The zero-order chi connectivity index (χ0) is 13.0. The van der Waals surface area contributed by atoms with E-state index < -0.39 is 0 Å². The predicted octanol–water partition coefficient (Wildman–Crippen LogP) is 4.39. The summed E-state index contributed by atoms with van der Waals surface area (Å²) in [6, 6.07) is 16.9. The van der Waals surface area contributed by atoms with Gasteiger partial charge in [-0.15, -0.1) is 0 Å². The average Bonchev–Trinajstić information content (AvgIpc) is 2.40. The van der Waals surface area contributed by atoms with E-state index in [2.05, 4.69) is 65.3 Å². The Bertz CT molecular complexity index is 508. The molecule has 0 saturated heterocycles. The Labute approximate surface area is 117 Å². The van der Waals surface area contributed by atoms with Crippen molar-refractivity contribution in [2.75, 3.05) is 0 Å². The molecule has 2 aromatic carbocycles. The second-order valence-electron chi connectivity index (χ2n) is 4.63. The summed E-state index contributed by atoms with van der Waals surface area (Å²) < 4.78 is 1.10. The first kappa shape index (κ1) is 13.3. The molecule has 94 valence electrons. The van der Waals surface area contributed by atoms with E-state index in [-0.39, 0.29) is 6.04 Å². The topological polar surface area (TPSA) is 26.0 Å². The third-order valence-corrected chi connectivity index (χ3v) is 3.72. The van der Waals surface area contributed by atoms with Crippen molar-refractivity contribution in [1.82, 2.24) is 0 Å². The minimum absolute atomic E-state index is 0.0997. The number of benzene rings is 2. The molecule has 18 heavy (non-hydrogen) atoms. The maximum absolute atomic E-state index is 6.29. The predicted molar refractivity (Wildman–Crippen MR) is 80.6 cm³/mol. The van der Waals surface area contributed by atoms with Crippen molar-refractivity contribution in [1.29, 1.82) is 0 Å². The van der Waals surface area contributed by atoms with Gasteiger partial charge in [-0.2, -0.15) is 0 Å². The molecule has 0 aromatic heterocycles. The Morgan fingerprint density at radius 2 is 1.83 bits per heavy atom. The Kier molecular flexibility index (Phi) is 4.56. The van der Waals surface area contributed by atoms with Crippen LogP contribution in [0, 0.1) is 6.92 Å². The van der Waals surface area contributed by atoms with Crippen molar-refractivity contribution in [3.8, 4) is 0 Å². The molecule has 0 aliphatic rings. The summed E-state index contributed by atoms with van der Waals surface area (Å²) in [4.78, 5) is 0. The van der Waals surface area contributed by atoms with E-state index in [4.69, 9.17) is 5.73 Å². The number of hydrogen-bond acceptors (Lipinski definition) is 1. The van der Waals surface area contributed by atoms with Crippen molar-refractivity contribution >= 4 is 15.9 Å². The lowest BCUT2D eigenvalue weighted by Crippen LogP contribution is -2.12. The molecule has 1 unspecified atom stereocenters. The number of rotatable bonds is 4. The SMILES string of the molecule is Cc1ccc(Br)cc1C(N)CCc1ccccc1. The summed E-state index contributed by atoms with van der Waals surface area (Å²) in [5.74, 6) is 0. The Morgan fingerprint density at radius 1 is 1.11 bits per heavy atom. The fourth-order valence-electron chi connectivity index (χ4n) is 2.13. The van der Waals surface area contributed by atoms with Gasteiger partial charge >= 0.3 is 0 Å². The van der Waals surface area contributed by atoms with Crippen LogP contribution in [0.25, 0.3) is 0 Å². The van der Waals surface area contributed by atoms with Crippen LogP contribution in [0.4, 0.5) is 0 Å². The minimum Gasteiger partial charge on any atom is -0.324 e. The molecule has 0 fully saturated rings. The zero-order valence-corrected chi connectivity index (χ0v) is 12.2. The van der Waals surface area contributed by atoms with Crippen LogP contribution >= 0.6 is 15.9 Å². The second kappa shape index (κ2) is 6.17. The van der Waals surface area contributed by atoms with Crippen LogP contribution in [0.15, 0.2) is 53.0 Å². The van der Waals surface area contributed by atoms with Crippen LogP contribution in [-0.2, 0) is 6.42 Å². The van der Waals surface area contributed by atoms with Gasteiger partial charge in [0, 0.05) is 10.5 Å². The van der Waals surface area contributed by atoms with Gasteiger partial charge in [-0.25, -0.2) is 0 Å². The second-order valence-corrected chi connectivity index (χ2v) is 5.55. The number of hydrogen-bond donors (Lipinski definition) is 1. The molecule has 0 amide bonds. The maximum Gasteiger partial charge on any atom is 0.0301 e. The van der Waals surface area contributed by atoms with Crippen LogP contribution < -0.4 is 5.73 Å². The zero-order valence-electron chi connectivity index (χ0n) is 10.6. The fourth-order valence-corrected chi connectivity index (χ4v) is 2.51. The molecule has 0 aliphatic heterocycles. The van der Waals surface area contributed by atoms with Gasteiger partial charge in [0.05, 0.1) is 0 Å². The quantitative estimate of drug-likeness (QED) is 0.890. The molecule has 0 heterocycles. The lowest BCUT2D eigenvalue weighted by molar-refractivity contribution is 0.647. The number of aryl methyl sites for hydroxylation is 2. The average molecular weight is 304 g/mol. The molecule has 0 spiro atoms. The lowest BCUT2D eigenvalue weighted by atomic mass is 9.96. The van der Waals surface area contributed by atoms with E-state index in [1.165, 1.54) is 16.7 Å². The van der Waals surface area contributed by atoms with Crippen molar-refractivity contribution in [2.24, 2.45) is 5.73 Å². The van der Waals surface area contributed by atoms with Gasteiger partial charge in [0.15, 0.2) is 0 Å². The van der Waals surface area contributed by atoms with Crippen molar-refractivity contribution < 1.29 is 0 Å². The Balaban J connectivity index is 2.03.